The molecule has 1 saturated heterocycles. The van der Waals surface area contributed by atoms with E-state index in [0.29, 0.717) is 0 Å². The second-order valence-corrected chi connectivity index (χ2v) is 4.75. The Hall–Kier alpha value is -1.46. The normalized spacial score (nSPS) is 18.7. The van der Waals surface area contributed by atoms with Crippen LogP contribution < -0.4 is 5.73 Å². The van der Waals surface area contributed by atoms with E-state index in [1.165, 1.54) is 5.56 Å². The van der Waals surface area contributed by atoms with E-state index in [1.54, 1.807) is 13.1 Å². The van der Waals surface area contributed by atoms with Crippen molar-refractivity contribution in [2.75, 3.05) is 26.2 Å². The van der Waals surface area contributed by atoms with Gasteiger partial charge in [-0.05, 0) is 18.6 Å². The van der Waals surface area contributed by atoms with Gasteiger partial charge >= 0.3 is 0 Å². The zero-order chi connectivity index (χ0) is 13.0. The monoisotopic (exact) mass is 248 g/mol. The van der Waals surface area contributed by atoms with Gasteiger partial charge in [-0.15, -0.1) is 0 Å². The highest BCUT2D eigenvalue weighted by molar-refractivity contribution is 5.81. The number of nitrogens with zero attached hydrogens (tertiary/aromatic N) is 3. The van der Waals surface area contributed by atoms with Crippen molar-refractivity contribution < 1.29 is 4.79 Å². The lowest BCUT2D eigenvalue weighted by Crippen LogP contribution is -2.52. The molecular formula is C13H20N4O. The molecular weight excluding hydrogens is 228 g/mol. The molecule has 1 aliphatic rings. The Morgan fingerprint density at radius 1 is 1.44 bits per heavy atom. The highest BCUT2D eigenvalue weighted by Gasteiger charge is 2.22. The fourth-order valence-corrected chi connectivity index (χ4v) is 2.16. The Bertz CT molecular complexity index is 385. The highest BCUT2D eigenvalue weighted by Crippen LogP contribution is 2.08. The van der Waals surface area contributed by atoms with Gasteiger partial charge in [0.1, 0.15) is 0 Å². The minimum Gasteiger partial charge on any atom is -0.339 e. The van der Waals surface area contributed by atoms with Crippen molar-refractivity contribution in [3.8, 4) is 0 Å². The van der Waals surface area contributed by atoms with E-state index in [9.17, 15) is 4.79 Å². The molecule has 5 nitrogen and oxygen atoms in total. The highest BCUT2D eigenvalue weighted by atomic mass is 16.2. The quantitative estimate of drug-likeness (QED) is 0.822. The topological polar surface area (TPSA) is 62.5 Å². The summed E-state index contributed by atoms with van der Waals surface area (Å²) in [5.74, 6) is 0.0519. The number of pyridine rings is 1. The van der Waals surface area contributed by atoms with Crippen molar-refractivity contribution in [1.82, 2.24) is 14.8 Å². The standard InChI is InChI=1S/C13H20N4O/c1-11(14)13(18)17-7-5-16(6-8-17)10-12-3-2-4-15-9-12/h2-4,9,11H,5-8,10,14H2,1H3/t11-/m0/s1. The Kier molecular flexibility index (Phi) is 4.28. The molecule has 1 amide bonds. The second-order valence-electron chi connectivity index (χ2n) is 4.75. The molecule has 1 aromatic heterocycles. The summed E-state index contributed by atoms with van der Waals surface area (Å²) < 4.78 is 0. The van der Waals surface area contributed by atoms with E-state index in [0.717, 1.165) is 32.7 Å². The van der Waals surface area contributed by atoms with Gasteiger partial charge in [-0.2, -0.15) is 0 Å². The molecule has 5 heteroatoms. The number of hydrogen-bond acceptors (Lipinski definition) is 4. The SMILES string of the molecule is C[C@H](N)C(=O)N1CCN(Cc2cccnc2)CC1. The average molecular weight is 248 g/mol. The molecule has 1 fully saturated rings. The second kappa shape index (κ2) is 5.93. The van der Waals surface area contributed by atoms with Gasteiger partial charge < -0.3 is 10.6 Å². The van der Waals surface area contributed by atoms with Crippen molar-refractivity contribution in [1.29, 1.82) is 0 Å². The van der Waals surface area contributed by atoms with Crippen LogP contribution in [0.15, 0.2) is 24.5 Å². The summed E-state index contributed by atoms with van der Waals surface area (Å²) >= 11 is 0. The Balaban J connectivity index is 1.82. The lowest BCUT2D eigenvalue weighted by atomic mass is 10.2. The van der Waals surface area contributed by atoms with Gasteiger partial charge in [0.2, 0.25) is 5.91 Å². The van der Waals surface area contributed by atoms with Crippen LogP contribution in [0.4, 0.5) is 0 Å². The van der Waals surface area contributed by atoms with E-state index in [4.69, 9.17) is 5.73 Å². The summed E-state index contributed by atoms with van der Waals surface area (Å²) in [5, 5.41) is 0. The molecule has 0 unspecified atom stereocenters. The molecule has 0 spiro atoms. The van der Waals surface area contributed by atoms with Crippen LogP contribution in [0.2, 0.25) is 0 Å². The maximum atomic E-state index is 11.7. The Morgan fingerprint density at radius 2 is 2.17 bits per heavy atom. The van der Waals surface area contributed by atoms with Crippen molar-refractivity contribution in [2.24, 2.45) is 5.73 Å². The van der Waals surface area contributed by atoms with Gasteiger partial charge in [-0.1, -0.05) is 6.07 Å². The Morgan fingerprint density at radius 3 is 2.72 bits per heavy atom. The maximum Gasteiger partial charge on any atom is 0.239 e. The van der Waals surface area contributed by atoms with Crippen LogP contribution in [-0.4, -0.2) is 52.9 Å². The van der Waals surface area contributed by atoms with Gasteiger partial charge in [0, 0.05) is 45.1 Å². The molecule has 2 rings (SSSR count). The third-order valence-corrected chi connectivity index (χ3v) is 3.20. The molecule has 2 heterocycles. The molecule has 0 aliphatic carbocycles. The molecule has 1 atom stereocenters. The summed E-state index contributed by atoms with van der Waals surface area (Å²) in [5.41, 5.74) is 6.82. The molecule has 0 aromatic carbocycles. The lowest BCUT2D eigenvalue weighted by Gasteiger charge is -2.35. The zero-order valence-corrected chi connectivity index (χ0v) is 10.7. The number of piperazine rings is 1. The first-order valence-corrected chi connectivity index (χ1v) is 6.32. The van der Waals surface area contributed by atoms with Crippen molar-refractivity contribution in [3.63, 3.8) is 0 Å². The number of carbonyl (C=O) groups excluding carboxylic acids is 1. The van der Waals surface area contributed by atoms with E-state index >= 15 is 0 Å². The minimum atomic E-state index is -0.394. The van der Waals surface area contributed by atoms with Gasteiger partial charge in [0.05, 0.1) is 6.04 Å². The summed E-state index contributed by atoms with van der Waals surface area (Å²) in [6.07, 6.45) is 3.67. The molecule has 98 valence electrons. The van der Waals surface area contributed by atoms with Crippen molar-refractivity contribution in [3.05, 3.63) is 30.1 Å². The van der Waals surface area contributed by atoms with Crippen LogP contribution >= 0.6 is 0 Å². The van der Waals surface area contributed by atoms with Crippen molar-refractivity contribution in [2.45, 2.75) is 19.5 Å². The van der Waals surface area contributed by atoms with E-state index in [1.807, 2.05) is 17.2 Å². The first kappa shape index (κ1) is 13.0. The van der Waals surface area contributed by atoms with Crippen molar-refractivity contribution >= 4 is 5.91 Å². The summed E-state index contributed by atoms with van der Waals surface area (Å²) in [6, 6.07) is 3.63. The molecule has 0 radical (unpaired) electrons. The first-order chi connectivity index (χ1) is 8.66. The molecule has 2 N–H and O–H groups in total. The first-order valence-electron chi connectivity index (χ1n) is 6.32. The number of amides is 1. The van der Waals surface area contributed by atoms with Gasteiger partial charge in [0.25, 0.3) is 0 Å². The van der Waals surface area contributed by atoms with Crippen LogP contribution in [0.25, 0.3) is 0 Å². The minimum absolute atomic E-state index is 0.0519. The van der Waals surface area contributed by atoms with Crippen LogP contribution in [0.1, 0.15) is 12.5 Å². The third kappa shape index (κ3) is 3.27. The number of rotatable bonds is 3. The smallest absolute Gasteiger partial charge is 0.239 e. The largest absolute Gasteiger partial charge is 0.339 e. The van der Waals surface area contributed by atoms with Crippen LogP contribution in [0.3, 0.4) is 0 Å². The van der Waals surface area contributed by atoms with Gasteiger partial charge in [0.15, 0.2) is 0 Å². The molecule has 1 aliphatic heterocycles. The van der Waals surface area contributed by atoms with Crippen LogP contribution in [0.5, 0.6) is 0 Å². The Labute approximate surface area is 108 Å². The number of aromatic nitrogens is 1. The van der Waals surface area contributed by atoms with E-state index in [2.05, 4.69) is 16.0 Å². The number of hydrogen-bond donors (Lipinski definition) is 1. The fraction of sp³-hybridized carbons (Fsp3) is 0.538. The summed E-state index contributed by atoms with van der Waals surface area (Å²) in [4.78, 5) is 20.0. The fourth-order valence-electron chi connectivity index (χ4n) is 2.16. The molecule has 0 saturated carbocycles. The van der Waals surface area contributed by atoms with E-state index < -0.39 is 6.04 Å². The van der Waals surface area contributed by atoms with Gasteiger partial charge in [-0.3, -0.25) is 14.7 Å². The zero-order valence-electron chi connectivity index (χ0n) is 10.7. The number of nitrogens with two attached hydrogens (primary N) is 1. The van der Waals surface area contributed by atoms with Crippen LogP contribution in [-0.2, 0) is 11.3 Å². The third-order valence-electron chi connectivity index (χ3n) is 3.20. The van der Waals surface area contributed by atoms with Crippen LogP contribution in [0, 0.1) is 0 Å². The lowest BCUT2D eigenvalue weighted by molar-refractivity contribution is -0.134. The van der Waals surface area contributed by atoms with E-state index in [-0.39, 0.29) is 5.91 Å². The number of carbonyl (C=O) groups is 1. The summed E-state index contributed by atoms with van der Waals surface area (Å²) in [7, 11) is 0. The predicted octanol–water partition coefficient (Wildman–Crippen LogP) is 0.0730. The van der Waals surface area contributed by atoms with Gasteiger partial charge in [-0.25, -0.2) is 0 Å². The predicted molar refractivity (Wildman–Crippen MR) is 69.7 cm³/mol. The summed E-state index contributed by atoms with van der Waals surface area (Å²) in [6.45, 7) is 5.96. The molecule has 18 heavy (non-hydrogen) atoms. The molecule has 1 aromatic rings. The average Bonchev–Trinajstić information content (AvgIpc) is 2.40. The maximum absolute atomic E-state index is 11.7. The molecule has 0 bridgehead atoms.